The quantitative estimate of drug-likeness (QED) is 0.111. The van der Waals surface area contributed by atoms with E-state index in [1.807, 2.05) is 82.3 Å². The molecule has 0 spiro atoms. The molecule has 12 heteroatoms. The first-order valence-electron chi connectivity index (χ1n) is 22.0. The normalized spacial score (nSPS) is 10.5. The van der Waals surface area contributed by atoms with Gasteiger partial charge in [0.25, 0.3) is 0 Å². The van der Waals surface area contributed by atoms with E-state index in [0.29, 0.717) is 5.75 Å². The van der Waals surface area contributed by atoms with Crippen LogP contribution in [0.1, 0.15) is 62.4 Å². The van der Waals surface area contributed by atoms with Gasteiger partial charge in [0.05, 0.1) is 34.2 Å². The maximum Gasteiger partial charge on any atom is 0.569 e. The van der Waals surface area contributed by atoms with Gasteiger partial charge in [-0.15, -0.1) is 0 Å². The number of aryl methyl sites for hydroxylation is 4. The third-order valence-corrected chi connectivity index (χ3v) is 15.7. The summed E-state index contributed by atoms with van der Waals surface area (Å²) in [6.07, 6.45) is 0.362. The monoisotopic (exact) mass is 1320 g/mol. The first-order chi connectivity index (χ1) is 32.3. The number of halogens is 6. The van der Waals surface area contributed by atoms with Crippen LogP contribution in [0.2, 0.25) is 0 Å². The molecule has 67 heavy (non-hydrogen) atoms. The molecule has 0 saturated heterocycles. The molecule has 0 unspecified atom stereocenters. The fourth-order valence-electron chi connectivity index (χ4n) is 7.47. The van der Waals surface area contributed by atoms with Crippen molar-refractivity contribution in [1.82, 2.24) is 0 Å². The van der Waals surface area contributed by atoms with Crippen molar-refractivity contribution < 1.29 is 30.0 Å². The average Bonchev–Trinajstić information content (AvgIpc) is 3.28. The molecule has 0 aliphatic rings. The Kier molecular flexibility index (Phi) is 24.3. The SMILES string of the molecule is CC(C)Oc1cccc(I)c1Br.Cc1cc(C)c(-c2cccc(OC(C)C)c2Br)c(C)c1-c1ccccc1.Cc1cc(C)c(-c2ccccc2)c(C)c1O[B]O.Oc1cccc(I)c1Br.[2H]CF. The third kappa shape index (κ3) is 16.6. The van der Waals surface area contributed by atoms with E-state index in [4.69, 9.17) is 25.6 Å². The Bertz CT molecular complexity index is 2670. The van der Waals surface area contributed by atoms with Crippen LogP contribution in [0.25, 0.3) is 33.4 Å². The maximum absolute atomic E-state index is 9.96. The Morgan fingerprint density at radius 1 is 0.552 bits per heavy atom. The molecule has 353 valence electrons. The summed E-state index contributed by atoms with van der Waals surface area (Å²) in [7, 11) is -0.264. The number of hydrogen-bond acceptors (Lipinski definition) is 5. The van der Waals surface area contributed by atoms with Gasteiger partial charge >= 0.3 is 7.69 Å². The highest BCUT2D eigenvalue weighted by Gasteiger charge is 2.18. The van der Waals surface area contributed by atoms with Gasteiger partial charge in [-0.1, -0.05) is 97.1 Å². The zero-order valence-corrected chi connectivity index (χ0v) is 48.5. The molecule has 0 atom stereocenters. The first kappa shape index (κ1) is 56.2. The van der Waals surface area contributed by atoms with Crippen molar-refractivity contribution >= 4 is 101 Å². The number of rotatable bonds is 9. The zero-order valence-electron chi connectivity index (χ0n) is 40.5. The molecule has 0 aliphatic heterocycles. The highest BCUT2D eigenvalue weighted by atomic mass is 127. The van der Waals surface area contributed by atoms with Crippen LogP contribution in [0.15, 0.2) is 141 Å². The molecule has 0 fully saturated rings. The summed E-state index contributed by atoms with van der Waals surface area (Å²) in [4.78, 5) is 0. The second-order valence-electron chi connectivity index (χ2n) is 15.8. The molecular formula is C55H58BBr3FI2O5. The maximum atomic E-state index is 9.96. The molecule has 5 nitrogen and oxygen atoms in total. The summed E-state index contributed by atoms with van der Waals surface area (Å²) in [5.41, 5.74) is 14.5. The second kappa shape index (κ2) is 28.9. The second-order valence-corrected chi connectivity index (χ2v) is 20.5. The van der Waals surface area contributed by atoms with E-state index in [2.05, 4.69) is 201 Å². The molecule has 2 N–H and O–H groups in total. The van der Waals surface area contributed by atoms with Gasteiger partial charge in [0, 0.05) is 12.7 Å². The number of aromatic hydroxyl groups is 1. The molecule has 0 saturated carbocycles. The molecule has 0 amide bonds. The smallest absolute Gasteiger partial charge is 0.537 e. The molecule has 7 aromatic rings. The van der Waals surface area contributed by atoms with E-state index in [1.54, 1.807) is 6.07 Å². The Labute approximate surface area is 452 Å². The van der Waals surface area contributed by atoms with E-state index < -0.39 is 7.15 Å². The number of benzene rings is 7. The lowest BCUT2D eigenvalue weighted by Gasteiger charge is -2.20. The number of ether oxygens (including phenoxy) is 2. The summed E-state index contributed by atoms with van der Waals surface area (Å²) in [5.74, 6) is 2.82. The van der Waals surface area contributed by atoms with Crippen molar-refractivity contribution in [1.29, 1.82) is 0 Å². The van der Waals surface area contributed by atoms with Crippen molar-refractivity contribution in [3.63, 3.8) is 0 Å². The summed E-state index contributed by atoms with van der Waals surface area (Å²) >= 11 is 14.9. The number of phenols is 1. The molecular weight excluding hydrogens is 1260 g/mol. The van der Waals surface area contributed by atoms with Gasteiger partial charge < -0.3 is 24.3 Å². The van der Waals surface area contributed by atoms with Gasteiger partial charge in [0.15, 0.2) is 0 Å². The van der Waals surface area contributed by atoms with Crippen molar-refractivity contribution in [3.8, 4) is 56.4 Å². The van der Waals surface area contributed by atoms with Crippen LogP contribution < -0.4 is 14.1 Å². The van der Waals surface area contributed by atoms with Gasteiger partial charge in [-0.2, -0.15) is 0 Å². The van der Waals surface area contributed by atoms with Gasteiger partial charge in [-0.3, -0.25) is 4.39 Å². The summed E-state index contributed by atoms with van der Waals surface area (Å²) in [6.45, 7) is 20.8. The van der Waals surface area contributed by atoms with Crippen LogP contribution in [0.5, 0.6) is 23.0 Å². The van der Waals surface area contributed by atoms with Crippen LogP contribution in [-0.4, -0.2) is 37.2 Å². The van der Waals surface area contributed by atoms with E-state index >= 15 is 0 Å². The average molecular weight is 1320 g/mol. The van der Waals surface area contributed by atoms with Crippen LogP contribution in [0, 0.1) is 48.7 Å². The Hall–Kier alpha value is -3.41. The van der Waals surface area contributed by atoms with Crippen molar-refractivity contribution in [2.75, 3.05) is 7.15 Å². The van der Waals surface area contributed by atoms with Gasteiger partial charge in [0.2, 0.25) is 0 Å². The predicted molar refractivity (Wildman–Crippen MR) is 308 cm³/mol. The molecule has 7 aromatic carbocycles. The van der Waals surface area contributed by atoms with Crippen molar-refractivity contribution in [3.05, 3.63) is 181 Å². The molecule has 0 aromatic heterocycles. The minimum absolute atomic E-state index is 0.140. The van der Waals surface area contributed by atoms with Gasteiger partial charge in [0.1, 0.15) is 23.0 Å². The van der Waals surface area contributed by atoms with Crippen LogP contribution in [0.3, 0.4) is 0 Å². The highest BCUT2D eigenvalue weighted by Crippen LogP contribution is 2.43. The van der Waals surface area contributed by atoms with Gasteiger partial charge in [-0.25, -0.2) is 0 Å². The zero-order chi connectivity index (χ0) is 50.7. The third-order valence-electron chi connectivity index (χ3n) is 9.97. The molecule has 1 radical (unpaired) electrons. The molecule has 0 aliphatic carbocycles. The van der Waals surface area contributed by atoms with Crippen LogP contribution in [0.4, 0.5) is 4.39 Å². The van der Waals surface area contributed by atoms with Crippen molar-refractivity contribution in [2.45, 2.75) is 81.4 Å². The Balaban J connectivity index is 0.000000253. The fraction of sp³-hybridized carbons (Fsp3) is 0.236. The molecule has 7 rings (SSSR count). The van der Waals surface area contributed by atoms with Crippen molar-refractivity contribution in [2.24, 2.45) is 0 Å². The number of hydrogen-bond donors (Lipinski definition) is 2. The van der Waals surface area contributed by atoms with E-state index in [-0.39, 0.29) is 12.2 Å². The fourth-order valence-corrected chi connectivity index (χ4v) is 9.61. The minimum atomic E-state index is -1.00. The predicted octanol–water partition coefficient (Wildman–Crippen LogP) is 17.9. The topological polar surface area (TPSA) is 68.2 Å². The minimum Gasteiger partial charge on any atom is -0.537 e. The summed E-state index contributed by atoms with van der Waals surface area (Å²) in [6, 6.07) is 42.8. The van der Waals surface area contributed by atoms with E-state index in [0.717, 1.165) is 64.2 Å². The Morgan fingerprint density at radius 3 is 1.43 bits per heavy atom. The van der Waals surface area contributed by atoms with E-state index in [1.165, 1.54) is 48.1 Å². The lowest BCUT2D eigenvalue weighted by molar-refractivity contribution is 0.240. The van der Waals surface area contributed by atoms with E-state index in [9.17, 15) is 4.39 Å². The number of alkyl halides is 1. The standard InChI is InChI=1S/C24H25BrO.C15H16BO2.C9H10BrIO.C6H4BrIO.CH3F/c1-15(2)26-21-13-9-12-20(24(21)25)23-17(4)14-16(3)22(18(23)5)19-10-7-6-8-11-19;1-10-9-11(2)15(18-16-17)12(3)14(10)13-7-5-4-6-8-13;1-6(2)12-8-5-3-4-7(11)9(8)10;7-6-4(8)2-1-3-5(6)9;1-2/h6-15H,1-5H3;4-9,17H,1-3H3;3-6H,1-2H3;1-3,9H;1H3/i;;;;1D. The lowest BCUT2D eigenvalue weighted by atomic mass is 9.86. The largest absolute Gasteiger partial charge is 0.569 e. The lowest BCUT2D eigenvalue weighted by Crippen LogP contribution is -2.06. The van der Waals surface area contributed by atoms with Gasteiger partial charge in [-0.05, 0) is 254 Å². The summed E-state index contributed by atoms with van der Waals surface area (Å²) < 4.78 is 37.3. The van der Waals surface area contributed by atoms with Crippen LogP contribution >= 0.6 is 93.0 Å². The van der Waals surface area contributed by atoms with Crippen LogP contribution in [-0.2, 0) is 0 Å². The number of phenolic OH excluding ortho intramolecular Hbond substituents is 1. The first-order valence-corrected chi connectivity index (χ1v) is 25.8. The summed E-state index contributed by atoms with van der Waals surface area (Å²) in [5, 5.41) is 17.9. The molecule has 0 bridgehead atoms. The highest BCUT2D eigenvalue weighted by molar-refractivity contribution is 14.1. The molecule has 0 heterocycles. The Morgan fingerprint density at radius 2 is 0.970 bits per heavy atom.